The summed E-state index contributed by atoms with van der Waals surface area (Å²) in [4.78, 5) is 4.15. The van der Waals surface area contributed by atoms with E-state index in [2.05, 4.69) is 31.8 Å². The molecule has 0 radical (unpaired) electrons. The molecular weight excluding hydrogens is 198 g/mol. The second-order valence-electron chi connectivity index (χ2n) is 5.07. The zero-order valence-corrected chi connectivity index (χ0v) is 9.99. The molecule has 1 aliphatic carbocycles. The van der Waals surface area contributed by atoms with Crippen molar-refractivity contribution in [1.29, 1.82) is 5.26 Å². The molecular formula is C13H17N3. The highest BCUT2D eigenvalue weighted by Crippen LogP contribution is 2.53. The van der Waals surface area contributed by atoms with Gasteiger partial charge in [-0.1, -0.05) is 20.8 Å². The Morgan fingerprint density at radius 1 is 1.50 bits per heavy atom. The molecule has 2 N–H and O–H groups in total. The maximum absolute atomic E-state index is 8.86. The minimum Gasteiger partial charge on any atom is -0.323 e. The molecule has 1 aliphatic rings. The lowest BCUT2D eigenvalue weighted by Gasteiger charge is -2.30. The summed E-state index contributed by atoms with van der Waals surface area (Å²) in [6.07, 6.45) is 2.89. The topological polar surface area (TPSA) is 62.7 Å². The number of rotatable bonds is 1. The molecule has 0 spiro atoms. The van der Waals surface area contributed by atoms with Crippen LogP contribution in [-0.2, 0) is 0 Å². The van der Waals surface area contributed by atoms with Crippen molar-refractivity contribution in [2.24, 2.45) is 11.1 Å². The van der Waals surface area contributed by atoms with Crippen LogP contribution in [0.2, 0.25) is 0 Å². The number of pyridine rings is 1. The maximum atomic E-state index is 8.86. The molecule has 0 fully saturated rings. The van der Waals surface area contributed by atoms with Crippen LogP contribution in [0.4, 0.5) is 0 Å². The van der Waals surface area contributed by atoms with Crippen molar-refractivity contribution in [2.75, 3.05) is 0 Å². The molecule has 1 aromatic heterocycles. The van der Waals surface area contributed by atoms with Crippen molar-refractivity contribution in [3.63, 3.8) is 0 Å². The third-order valence-electron chi connectivity index (χ3n) is 3.90. The maximum Gasteiger partial charge on any atom is 0.140 e. The summed E-state index contributed by atoms with van der Waals surface area (Å²) in [7, 11) is 0. The van der Waals surface area contributed by atoms with Gasteiger partial charge in [-0.15, -0.1) is 0 Å². The average molecular weight is 215 g/mol. The Morgan fingerprint density at radius 3 is 2.75 bits per heavy atom. The Hall–Kier alpha value is -1.40. The Labute approximate surface area is 96.3 Å². The molecule has 0 aromatic carbocycles. The number of aromatic nitrogens is 1. The van der Waals surface area contributed by atoms with E-state index in [1.807, 2.05) is 12.3 Å². The van der Waals surface area contributed by atoms with Gasteiger partial charge in [-0.3, -0.25) is 0 Å². The van der Waals surface area contributed by atoms with Gasteiger partial charge in [0.1, 0.15) is 11.8 Å². The van der Waals surface area contributed by atoms with Crippen molar-refractivity contribution in [3.8, 4) is 6.07 Å². The first-order valence-corrected chi connectivity index (χ1v) is 5.67. The number of nitrogens with two attached hydrogens (primary N) is 1. The summed E-state index contributed by atoms with van der Waals surface area (Å²) in [5.41, 5.74) is 9.11. The summed E-state index contributed by atoms with van der Waals surface area (Å²) in [5.74, 6) is 0.442. The van der Waals surface area contributed by atoms with Gasteiger partial charge >= 0.3 is 0 Å². The molecule has 2 unspecified atom stereocenters. The Morgan fingerprint density at radius 2 is 2.19 bits per heavy atom. The lowest BCUT2D eigenvalue weighted by Crippen LogP contribution is -2.27. The fraction of sp³-hybridized carbons (Fsp3) is 0.538. The van der Waals surface area contributed by atoms with E-state index < -0.39 is 0 Å². The Bertz CT molecular complexity index is 457. The molecule has 0 amide bonds. The molecule has 84 valence electrons. The second-order valence-corrected chi connectivity index (χ2v) is 5.07. The number of fused-ring (bicyclic) bond motifs is 1. The highest BCUT2D eigenvalue weighted by molar-refractivity contribution is 5.43. The van der Waals surface area contributed by atoms with Gasteiger partial charge in [0.25, 0.3) is 0 Å². The van der Waals surface area contributed by atoms with Gasteiger partial charge in [-0.05, 0) is 34.9 Å². The molecule has 0 saturated heterocycles. The quantitative estimate of drug-likeness (QED) is 0.782. The van der Waals surface area contributed by atoms with Gasteiger partial charge < -0.3 is 5.73 Å². The average Bonchev–Trinajstić information content (AvgIpc) is 2.47. The summed E-state index contributed by atoms with van der Waals surface area (Å²) < 4.78 is 0. The molecule has 1 aromatic rings. The third kappa shape index (κ3) is 1.34. The third-order valence-corrected chi connectivity index (χ3v) is 3.90. The summed E-state index contributed by atoms with van der Waals surface area (Å²) in [6, 6.07) is 3.92. The van der Waals surface area contributed by atoms with Crippen molar-refractivity contribution in [3.05, 3.63) is 29.1 Å². The van der Waals surface area contributed by atoms with Gasteiger partial charge in [0, 0.05) is 12.2 Å². The van der Waals surface area contributed by atoms with Crippen LogP contribution in [0, 0.1) is 16.7 Å². The van der Waals surface area contributed by atoms with E-state index >= 15 is 0 Å². The fourth-order valence-electron chi connectivity index (χ4n) is 2.87. The molecule has 0 saturated carbocycles. The zero-order valence-electron chi connectivity index (χ0n) is 9.99. The van der Waals surface area contributed by atoms with Gasteiger partial charge in [0.05, 0.1) is 0 Å². The van der Waals surface area contributed by atoms with Crippen LogP contribution in [0.25, 0.3) is 0 Å². The van der Waals surface area contributed by atoms with Crippen molar-refractivity contribution >= 4 is 0 Å². The van der Waals surface area contributed by atoms with Gasteiger partial charge in [-0.2, -0.15) is 5.26 Å². The molecule has 0 aliphatic heterocycles. The molecule has 0 bridgehead atoms. The SMILES string of the molecule is CCC1c2cnc(C#N)cc2C(N)C1(C)C. The van der Waals surface area contributed by atoms with Crippen molar-refractivity contribution in [1.82, 2.24) is 4.98 Å². The molecule has 2 rings (SSSR count). The lowest BCUT2D eigenvalue weighted by atomic mass is 9.76. The predicted molar refractivity (Wildman–Crippen MR) is 62.7 cm³/mol. The van der Waals surface area contributed by atoms with Crippen LogP contribution in [0.3, 0.4) is 0 Å². The minimum atomic E-state index is 0.00236. The van der Waals surface area contributed by atoms with E-state index in [1.165, 1.54) is 5.56 Å². The van der Waals surface area contributed by atoms with Gasteiger partial charge in [0.2, 0.25) is 0 Å². The monoisotopic (exact) mass is 215 g/mol. The van der Waals surface area contributed by atoms with Crippen LogP contribution in [-0.4, -0.2) is 4.98 Å². The first-order valence-electron chi connectivity index (χ1n) is 5.67. The van der Waals surface area contributed by atoms with Crippen LogP contribution in [0.5, 0.6) is 0 Å². The second kappa shape index (κ2) is 3.57. The molecule has 3 nitrogen and oxygen atoms in total. The summed E-state index contributed by atoms with van der Waals surface area (Å²) in [6.45, 7) is 6.56. The van der Waals surface area contributed by atoms with Crippen LogP contribution < -0.4 is 5.73 Å². The van der Waals surface area contributed by atoms with E-state index in [1.54, 1.807) is 0 Å². The number of nitriles is 1. The normalized spacial score (nSPS) is 26.2. The van der Waals surface area contributed by atoms with Crippen molar-refractivity contribution < 1.29 is 0 Å². The fourth-order valence-corrected chi connectivity index (χ4v) is 2.87. The first kappa shape index (κ1) is 11.1. The lowest BCUT2D eigenvalue weighted by molar-refractivity contribution is 0.252. The largest absolute Gasteiger partial charge is 0.323 e. The molecule has 2 atom stereocenters. The van der Waals surface area contributed by atoms with Gasteiger partial charge in [-0.25, -0.2) is 4.98 Å². The van der Waals surface area contributed by atoms with E-state index in [0.717, 1.165) is 12.0 Å². The Balaban J connectivity index is 2.58. The highest BCUT2D eigenvalue weighted by atomic mass is 14.8. The smallest absolute Gasteiger partial charge is 0.140 e. The number of nitrogens with zero attached hydrogens (tertiary/aromatic N) is 2. The van der Waals surface area contributed by atoms with Gasteiger partial charge in [0.15, 0.2) is 0 Å². The van der Waals surface area contributed by atoms with E-state index in [-0.39, 0.29) is 11.5 Å². The molecule has 3 heteroatoms. The van der Waals surface area contributed by atoms with Crippen LogP contribution >= 0.6 is 0 Å². The molecule has 16 heavy (non-hydrogen) atoms. The highest BCUT2D eigenvalue weighted by Gasteiger charge is 2.44. The minimum absolute atomic E-state index is 0.00236. The summed E-state index contributed by atoms with van der Waals surface area (Å²) in [5, 5.41) is 8.86. The standard InChI is InChI=1S/C13H17N3/c1-4-11-10-7-16-8(6-14)5-9(10)12(15)13(11,2)3/h5,7,11-12H,4,15H2,1-3H3. The van der Waals surface area contributed by atoms with Crippen LogP contribution in [0.1, 0.15) is 56.0 Å². The van der Waals surface area contributed by atoms with Crippen molar-refractivity contribution in [2.45, 2.75) is 39.2 Å². The predicted octanol–water partition coefficient (Wildman–Crippen LogP) is 2.49. The van der Waals surface area contributed by atoms with E-state index in [0.29, 0.717) is 11.6 Å². The first-order chi connectivity index (χ1) is 7.52. The van der Waals surface area contributed by atoms with Crippen LogP contribution in [0.15, 0.2) is 12.3 Å². The number of hydrogen-bond acceptors (Lipinski definition) is 3. The number of hydrogen-bond donors (Lipinski definition) is 1. The van der Waals surface area contributed by atoms with E-state index in [4.69, 9.17) is 11.0 Å². The zero-order chi connectivity index (χ0) is 11.9. The van der Waals surface area contributed by atoms with E-state index in [9.17, 15) is 0 Å². The summed E-state index contributed by atoms with van der Waals surface area (Å²) >= 11 is 0. The molecule has 1 heterocycles. The Kier molecular flexibility index (Phi) is 2.47.